The lowest BCUT2D eigenvalue weighted by Crippen LogP contribution is -1.74. The fourth-order valence-electron chi connectivity index (χ4n) is 1.21. The molecule has 0 saturated carbocycles. The fourth-order valence-corrected chi connectivity index (χ4v) is 1.21. The molecule has 1 aromatic carbocycles. The molecule has 0 unspecified atom stereocenters. The topological polar surface area (TPSA) is 33.4 Å². The minimum absolute atomic E-state index is 0.0241. The van der Waals surface area contributed by atoms with Crippen LogP contribution in [0, 0.1) is 0 Å². The zero-order chi connectivity index (χ0) is 9.10. The average molecular weight is 174 g/mol. The Kier molecular flexibility index (Phi) is 2.15. The Morgan fingerprint density at radius 1 is 1.15 bits per heavy atom. The molecule has 0 bridgehead atoms. The van der Waals surface area contributed by atoms with Crippen molar-refractivity contribution in [3.8, 4) is 11.3 Å². The number of rotatable bonds is 2. The van der Waals surface area contributed by atoms with E-state index in [2.05, 4.69) is 0 Å². The molecule has 0 aliphatic carbocycles. The van der Waals surface area contributed by atoms with Crippen molar-refractivity contribution in [3.05, 3.63) is 48.2 Å². The molecule has 0 atom stereocenters. The van der Waals surface area contributed by atoms with Crippen LogP contribution in [0.15, 0.2) is 47.1 Å². The summed E-state index contributed by atoms with van der Waals surface area (Å²) in [5, 5.41) is 8.84. The predicted octanol–water partition coefficient (Wildman–Crippen LogP) is 2.44. The van der Waals surface area contributed by atoms with Gasteiger partial charge in [-0.3, -0.25) is 0 Å². The Labute approximate surface area is 76.4 Å². The van der Waals surface area contributed by atoms with Crippen molar-refractivity contribution >= 4 is 0 Å². The summed E-state index contributed by atoms with van der Waals surface area (Å²) in [5.41, 5.74) is 1.83. The molecule has 66 valence electrons. The summed E-state index contributed by atoms with van der Waals surface area (Å²) in [6.45, 7) is 0.0241. The van der Waals surface area contributed by atoms with Gasteiger partial charge in [0.15, 0.2) is 0 Å². The van der Waals surface area contributed by atoms with Gasteiger partial charge in [0.05, 0.1) is 12.9 Å². The summed E-state index contributed by atoms with van der Waals surface area (Å²) in [5.74, 6) is 0.796. The summed E-state index contributed by atoms with van der Waals surface area (Å²) >= 11 is 0. The maximum Gasteiger partial charge on any atom is 0.134 e. The SMILES string of the molecule is OCc1coc(-c2ccccc2)c1. The van der Waals surface area contributed by atoms with Crippen LogP contribution in [0.3, 0.4) is 0 Å². The molecule has 2 heteroatoms. The van der Waals surface area contributed by atoms with Crippen molar-refractivity contribution in [3.63, 3.8) is 0 Å². The summed E-state index contributed by atoms with van der Waals surface area (Å²) in [4.78, 5) is 0. The van der Waals surface area contributed by atoms with Gasteiger partial charge in [0.1, 0.15) is 5.76 Å². The summed E-state index contributed by atoms with van der Waals surface area (Å²) in [7, 11) is 0. The van der Waals surface area contributed by atoms with E-state index in [1.165, 1.54) is 0 Å². The second-order valence-electron chi connectivity index (χ2n) is 2.84. The summed E-state index contributed by atoms with van der Waals surface area (Å²) in [6.07, 6.45) is 1.57. The van der Waals surface area contributed by atoms with E-state index in [9.17, 15) is 0 Å². The van der Waals surface area contributed by atoms with Crippen molar-refractivity contribution in [1.29, 1.82) is 0 Å². The molecule has 2 nitrogen and oxygen atoms in total. The Morgan fingerprint density at radius 2 is 1.92 bits per heavy atom. The smallest absolute Gasteiger partial charge is 0.134 e. The maximum absolute atomic E-state index is 8.84. The van der Waals surface area contributed by atoms with Crippen molar-refractivity contribution in [1.82, 2.24) is 0 Å². The summed E-state index contributed by atoms with van der Waals surface area (Å²) in [6, 6.07) is 11.7. The minimum atomic E-state index is 0.0241. The molecule has 1 N–H and O–H groups in total. The molecule has 0 saturated heterocycles. The van der Waals surface area contributed by atoms with Crippen LogP contribution in [0.5, 0.6) is 0 Å². The standard InChI is InChI=1S/C11H10O2/c12-7-9-6-11(13-8-9)10-4-2-1-3-5-10/h1-6,8,12H,7H2. The van der Waals surface area contributed by atoms with Crippen LogP contribution in [0.1, 0.15) is 5.56 Å². The van der Waals surface area contributed by atoms with Crippen molar-refractivity contribution in [2.75, 3.05) is 0 Å². The van der Waals surface area contributed by atoms with Gasteiger partial charge >= 0.3 is 0 Å². The van der Waals surface area contributed by atoms with Crippen LogP contribution >= 0.6 is 0 Å². The van der Waals surface area contributed by atoms with Gasteiger partial charge in [-0.05, 0) is 6.07 Å². The Morgan fingerprint density at radius 3 is 2.54 bits per heavy atom. The van der Waals surface area contributed by atoms with Gasteiger partial charge in [-0.1, -0.05) is 30.3 Å². The van der Waals surface area contributed by atoms with Gasteiger partial charge < -0.3 is 9.52 Å². The number of hydrogen-bond donors (Lipinski definition) is 1. The molecule has 0 aliphatic heterocycles. The molecule has 0 spiro atoms. The van der Waals surface area contributed by atoms with Crippen LogP contribution < -0.4 is 0 Å². The highest BCUT2D eigenvalue weighted by atomic mass is 16.3. The third-order valence-electron chi connectivity index (χ3n) is 1.89. The lowest BCUT2D eigenvalue weighted by Gasteiger charge is -1.92. The molecule has 1 aromatic heterocycles. The van der Waals surface area contributed by atoms with Gasteiger partial charge in [0, 0.05) is 11.1 Å². The molecular formula is C11H10O2. The lowest BCUT2D eigenvalue weighted by atomic mass is 10.1. The van der Waals surface area contributed by atoms with Gasteiger partial charge in [-0.25, -0.2) is 0 Å². The van der Waals surface area contributed by atoms with Gasteiger partial charge in [-0.15, -0.1) is 0 Å². The molecule has 2 rings (SSSR count). The van der Waals surface area contributed by atoms with Gasteiger partial charge in [-0.2, -0.15) is 0 Å². The number of aliphatic hydroxyl groups is 1. The zero-order valence-electron chi connectivity index (χ0n) is 7.10. The number of hydrogen-bond acceptors (Lipinski definition) is 2. The molecule has 0 radical (unpaired) electrons. The normalized spacial score (nSPS) is 10.2. The Hall–Kier alpha value is -1.54. The number of furan rings is 1. The number of aliphatic hydroxyl groups excluding tert-OH is 1. The fraction of sp³-hybridized carbons (Fsp3) is 0.0909. The first-order chi connectivity index (χ1) is 6.40. The first-order valence-electron chi connectivity index (χ1n) is 4.14. The van der Waals surface area contributed by atoms with Crippen LogP contribution in [0.25, 0.3) is 11.3 Å². The molecule has 0 fully saturated rings. The third kappa shape index (κ3) is 1.63. The van der Waals surface area contributed by atoms with E-state index in [4.69, 9.17) is 9.52 Å². The van der Waals surface area contributed by atoms with Crippen LogP contribution in [-0.2, 0) is 6.61 Å². The predicted molar refractivity (Wildman–Crippen MR) is 50.1 cm³/mol. The van der Waals surface area contributed by atoms with E-state index in [1.807, 2.05) is 36.4 Å². The molecule has 2 aromatic rings. The van der Waals surface area contributed by atoms with Crippen LogP contribution in [0.2, 0.25) is 0 Å². The van der Waals surface area contributed by atoms with E-state index in [0.717, 1.165) is 16.9 Å². The van der Waals surface area contributed by atoms with E-state index in [1.54, 1.807) is 6.26 Å². The zero-order valence-corrected chi connectivity index (χ0v) is 7.10. The monoisotopic (exact) mass is 174 g/mol. The van der Waals surface area contributed by atoms with Gasteiger partial charge in [0.2, 0.25) is 0 Å². The highest BCUT2D eigenvalue weighted by Crippen LogP contribution is 2.21. The van der Waals surface area contributed by atoms with Gasteiger partial charge in [0.25, 0.3) is 0 Å². The van der Waals surface area contributed by atoms with E-state index in [0.29, 0.717) is 0 Å². The summed E-state index contributed by atoms with van der Waals surface area (Å²) < 4.78 is 5.28. The molecular weight excluding hydrogens is 164 g/mol. The second-order valence-corrected chi connectivity index (χ2v) is 2.84. The molecule has 0 aliphatic rings. The second kappa shape index (κ2) is 3.46. The maximum atomic E-state index is 8.84. The first kappa shape index (κ1) is 8.08. The molecule has 0 amide bonds. The van der Waals surface area contributed by atoms with Crippen LogP contribution in [-0.4, -0.2) is 5.11 Å². The molecule has 1 heterocycles. The van der Waals surface area contributed by atoms with Crippen molar-refractivity contribution < 1.29 is 9.52 Å². The lowest BCUT2D eigenvalue weighted by molar-refractivity contribution is 0.280. The highest BCUT2D eigenvalue weighted by molar-refractivity contribution is 5.57. The van der Waals surface area contributed by atoms with Crippen LogP contribution in [0.4, 0.5) is 0 Å². The number of benzene rings is 1. The van der Waals surface area contributed by atoms with Crippen molar-refractivity contribution in [2.24, 2.45) is 0 Å². The van der Waals surface area contributed by atoms with E-state index < -0.39 is 0 Å². The Bertz CT molecular complexity index is 376. The largest absolute Gasteiger partial charge is 0.464 e. The van der Waals surface area contributed by atoms with E-state index >= 15 is 0 Å². The quantitative estimate of drug-likeness (QED) is 0.758. The third-order valence-corrected chi connectivity index (χ3v) is 1.89. The highest BCUT2D eigenvalue weighted by Gasteiger charge is 2.01. The molecule has 13 heavy (non-hydrogen) atoms. The first-order valence-corrected chi connectivity index (χ1v) is 4.14. The van der Waals surface area contributed by atoms with Crippen molar-refractivity contribution in [2.45, 2.75) is 6.61 Å². The Balaban J connectivity index is 2.36. The average Bonchev–Trinajstić information content (AvgIpc) is 2.67. The van der Waals surface area contributed by atoms with E-state index in [-0.39, 0.29) is 6.61 Å². The minimum Gasteiger partial charge on any atom is -0.464 e.